The molecule has 59 heavy (non-hydrogen) atoms. The van der Waals surface area contributed by atoms with Gasteiger partial charge in [0, 0.05) is 53.1 Å². The minimum absolute atomic E-state index is 0.0382. The lowest BCUT2D eigenvalue weighted by molar-refractivity contribution is 0.660. The van der Waals surface area contributed by atoms with Gasteiger partial charge in [0.1, 0.15) is 11.2 Å². The van der Waals surface area contributed by atoms with Gasteiger partial charge in [-0.2, -0.15) is 0 Å². The maximum Gasteiger partial charge on any atom is 0.164 e. The third-order valence-corrected chi connectivity index (χ3v) is 13.3. The highest BCUT2D eigenvalue weighted by atomic mass is 32.1. The highest BCUT2D eigenvalue weighted by Gasteiger charge is 2.35. The van der Waals surface area contributed by atoms with E-state index in [1.807, 2.05) is 42.5 Å². The molecule has 0 amide bonds. The van der Waals surface area contributed by atoms with Gasteiger partial charge in [-0.05, 0) is 80.9 Å². The van der Waals surface area contributed by atoms with Crippen molar-refractivity contribution in [2.75, 3.05) is 0 Å². The molecule has 0 spiro atoms. The molecule has 11 aromatic rings. The molecule has 1 aliphatic carbocycles. The molecule has 0 atom stereocenters. The summed E-state index contributed by atoms with van der Waals surface area (Å²) in [5, 5.41) is 4.51. The first kappa shape index (κ1) is 33.9. The van der Waals surface area contributed by atoms with Crippen molar-refractivity contribution in [2.24, 2.45) is 0 Å². The summed E-state index contributed by atoms with van der Waals surface area (Å²) in [7, 11) is 0. The Morgan fingerprint density at radius 3 is 1.86 bits per heavy atom. The second kappa shape index (κ2) is 12.9. The van der Waals surface area contributed by atoms with Gasteiger partial charge >= 0.3 is 0 Å². The molecular formula is C54H35N3OS. The number of hydrogen-bond donors (Lipinski definition) is 0. The summed E-state index contributed by atoms with van der Waals surface area (Å²) in [5.74, 6) is 1.87. The van der Waals surface area contributed by atoms with Gasteiger partial charge in [-0.15, -0.1) is 11.3 Å². The predicted molar refractivity (Wildman–Crippen MR) is 245 cm³/mol. The average molecular weight is 774 g/mol. The maximum absolute atomic E-state index is 6.50. The van der Waals surface area contributed by atoms with Gasteiger partial charge in [0.15, 0.2) is 17.5 Å². The van der Waals surface area contributed by atoms with Crippen LogP contribution >= 0.6 is 11.3 Å². The lowest BCUT2D eigenvalue weighted by atomic mass is 9.81. The van der Waals surface area contributed by atoms with Crippen LogP contribution in [0.5, 0.6) is 0 Å². The fourth-order valence-electron chi connectivity index (χ4n) is 9.14. The van der Waals surface area contributed by atoms with Crippen LogP contribution in [0.1, 0.15) is 25.0 Å². The summed E-state index contributed by atoms with van der Waals surface area (Å²) in [6.45, 7) is 4.67. The number of rotatable bonds is 5. The van der Waals surface area contributed by atoms with Gasteiger partial charge in [0.25, 0.3) is 0 Å². The molecule has 278 valence electrons. The zero-order valence-electron chi connectivity index (χ0n) is 32.4. The molecule has 0 saturated heterocycles. The summed E-state index contributed by atoms with van der Waals surface area (Å²) in [4.78, 5) is 15.4. The van der Waals surface area contributed by atoms with E-state index in [1.54, 1.807) is 11.3 Å². The van der Waals surface area contributed by atoms with E-state index in [2.05, 4.69) is 147 Å². The van der Waals surface area contributed by atoms with Crippen LogP contribution < -0.4 is 0 Å². The Labute approximate surface area is 345 Å². The Morgan fingerprint density at radius 2 is 1.02 bits per heavy atom. The fraction of sp³-hybridized carbons (Fsp3) is 0.0556. The van der Waals surface area contributed by atoms with Gasteiger partial charge < -0.3 is 4.42 Å². The van der Waals surface area contributed by atoms with Crippen molar-refractivity contribution < 1.29 is 4.42 Å². The molecule has 1 aliphatic rings. The van der Waals surface area contributed by atoms with Crippen LogP contribution in [0, 0.1) is 0 Å². The Kier molecular flexibility index (Phi) is 7.41. The minimum atomic E-state index is -0.0382. The van der Waals surface area contributed by atoms with Crippen molar-refractivity contribution in [1.82, 2.24) is 15.0 Å². The zero-order valence-corrected chi connectivity index (χ0v) is 33.2. The first-order valence-electron chi connectivity index (χ1n) is 20.0. The van der Waals surface area contributed by atoms with Gasteiger partial charge in [0.2, 0.25) is 0 Å². The van der Waals surface area contributed by atoms with Crippen molar-refractivity contribution >= 4 is 53.4 Å². The van der Waals surface area contributed by atoms with Crippen LogP contribution in [0.3, 0.4) is 0 Å². The summed E-state index contributed by atoms with van der Waals surface area (Å²) in [6.07, 6.45) is 0. The highest BCUT2D eigenvalue weighted by Crippen LogP contribution is 2.49. The first-order valence-corrected chi connectivity index (χ1v) is 20.8. The van der Waals surface area contributed by atoms with E-state index in [-0.39, 0.29) is 5.41 Å². The fourth-order valence-corrected chi connectivity index (χ4v) is 10.3. The number of aromatic nitrogens is 3. The second-order valence-electron chi connectivity index (χ2n) is 16.0. The number of benzene rings is 8. The zero-order chi connectivity index (χ0) is 39.2. The number of nitrogens with zero attached hydrogens (tertiary/aromatic N) is 3. The van der Waals surface area contributed by atoms with E-state index in [9.17, 15) is 0 Å². The number of fused-ring (bicyclic) bond motifs is 9. The number of hydrogen-bond acceptors (Lipinski definition) is 5. The molecule has 0 saturated carbocycles. The molecule has 0 aliphatic heterocycles. The quantitative estimate of drug-likeness (QED) is 0.175. The van der Waals surface area contributed by atoms with Crippen LogP contribution in [0.2, 0.25) is 0 Å². The molecule has 0 unspecified atom stereocenters. The normalized spacial score (nSPS) is 13.1. The molecular weight excluding hydrogens is 739 g/mol. The van der Waals surface area contributed by atoms with E-state index >= 15 is 0 Å². The summed E-state index contributed by atoms with van der Waals surface area (Å²) in [5.41, 5.74) is 14.5. The summed E-state index contributed by atoms with van der Waals surface area (Å²) in [6, 6.07) is 62.5. The Bertz CT molecular complexity index is 3470. The molecule has 8 aromatic carbocycles. The van der Waals surface area contributed by atoms with Crippen molar-refractivity contribution in [3.63, 3.8) is 0 Å². The maximum atomic E-state index is 6.50. The Hall–Kier alpha value is -7.21. The van der Waals surface area contributed by atoms with Gasteiger partial charge in [-0.25, -0.2) is 15.0 Å². The van der Waals surface area contributed by atoms with Crippen molar-refractivity contribution in [1.29, 1.82) is 0 Å². The molecule has 12 rings (SSSR count). The number of furan rings is 1. The average Bonchev–Trinajstić information content (AvgIpc) is 3.93. The third-order valence-electron chi connectivity index (χ3n) is 12.2. The standard InChI is InChI=1S/C54H35N3OS/c1-54(2)44-16-8-6-13-38(44)39-26-23-36(30-45(39)54)33-21-19-32(20-22-33)35-25-28-46-43(29-35)50-42(15-10-17-47(50)58-46)53-56-51(34-11-4-3-5-12-34)55-52(57-53)37-24-27-41-40-14-7-9-18-48(40)59-49(41)31-37/h3-31H,1-2H3. The van der Waals surface area contributed by atoms with Crippen molar-refractivity contribution in [2.45, 2.75) is 19.3 Å². The van der Waals surface area contributed by atoms with E-state index in [0.717, 1.165) is 49.8 Å². The van der Waals surface area contributed by atoms with Crippen LogP contribution in [-0.2, 0) is 5.41 Å². The predicted octanol–water partition coefficient (Wildman–Crippen LogP) is 14.8. The molecule has 3 heterocycles. The first-order chi connectivity index (χ1) is 29.0. The molecule has 0 bridgehead atoms. The van der Waals surface area contributed by atoms with Crippen LogP contribution in [0.15, 0.2) is 180 Å². The van der Waals surface area contributed by atoms with E-state index in [1.165, 1.54) is 53.6 Å². The van der Waals surface area contributed by atoms with Gasteiger partial charge in [0.05, 0.1) is 0 Å². The SMILES string of the molecule is CC1(C)c2ccccc2-c2ccc(-c3ccc(-c4ccc5oc6cccc(-c7nc(-c8ccccc8)nc(-c8ccc9c(c8)sc8ccccc89)n7)c6c5c4)cc3)cc21. The van der Waals surface area contributed by atoms with Crippen molar-refractivity contribution in [3.8, 4) is 67.5 Å². The lowest BCUT2D eigenvalue weighted by Gasteiger charge is -2.22. The van der Waals surface area contributed by atoms with Crippen LogP contribution in [0.4, 0.5) is 0 Å². The molecule has 3 aromatic heterocycles. The molecule has 0 radical (unpaired) electrons. The van der Waals surface area contributed by atoms with E-state index in [4.69, 9.17) is 19.4 Å². The monoisotopic (exact) mass is 773 g/mol. The summed E-state index contributed by atoms with van der Waals surface area (Å²) < 4.78 is 8.97. The summed E-state index contributed by atoms with van der Waals surface area (Å²) >= 11 is 1.79. The van der Waals surface area contributed by atoms with Gasteiger partial charge in [-0.3, -0.25) is 0 Å². The van der Waals surface area contributed by atoms with Crippen molar-refractivity contribution in [3.05, 3.63) is 187 Å². The third kappa shape index (κ3) is 5.39. The van der Waals surface area contributed by atoms with Crippen LogP contribution in [-0.4, -0.2) is 15.0 Å². The lowest BCUT2D eigenvalue weighted by Crippen LogP contribution is -2.14. The minimum Gasteiger partial charge on any atom is -0.456 e. The largest absolute Gasteiger partial charge is 0.456 e. The molecule has 4 nitrogen and oxygen atoms in total. The van der Waals surface area contributed by atoms with Gasteiger partial charge in [-0.1, -0.05) is 153 Å². The van der Waals surface area contributed by atoms with Crippen LogP contribution in [0.25, 0.3) is 110 Å². The smallest absolute Gasteiger partial charge is 0.164 e. The second-order valence-corrected chi connectivity index (χ2v) is 17.1. The topological polar surface area (TPSA) is 51.8 Å². The van der Waals surface area contributed by atoms with E-state index in [0.29, 0.717) is 17.5 Å². The Balaban J connectivity index is 0.951. The molecule has 0 fully saturated rings. The molecule has 0 N–H and O–H groups in total. The highest BCUT2D eigenvalue weighted by molar-refractivity contribution is 7.25. The Morgan fingerprint density at radius 1 is 0.390 bits per heavy atom. The number of thiophene rings is 1. The molecule has 5 heteroatoms. The van der Waals surface area contributed by atoms with E-state index < -0.39 is 0 Å².